The molecule has 0 atom stereocenters. The fourth-order valence-corrected chi connectivity index (χ4v) is 3.23. The lowest BCUT2D eigenvalue weighted by molar-refractivity contribution is -0.121. The smallest absolute Gasteiger partial charge is 0.220 e. The van der Waals surface area contributed by atoms with E-state index >= 15 is 0 Å². The van der Waals surface area contributed by atoms with Crippen molar-refractivity contribution in [1.82, 2.24) is 9.88 Å². The number of fused-ring (bicyclic) bond motifs is 1. The highest BCUT2D eigenvalue weighted by Gasteiger charge is 2.08. The number of carbonyl (C=O) groups excluding carboxylic acids is 2. The molecule has 1 aromatic heterocycles. The monoisotopic (exact) mass is 378 g/mol. The maximum atomic E-state index is 12.1. The van der Waals surface area contributed by atoms with Crippen LogP contribution in [0.4, 0.5) is 0 Å². The predicted octanol–water partition coefficient (Wildman–Crippen LogP) is 4.21. The van der Waals surface area contributed by atoms with Crippen molar-refractivity contribution in [2.45, 2.75) is 32.2 Å². The third-order valence-corrected chi connectivity index (χ3v) is 4.80. The molecule has 0 radical (unpaired) electrons. The van der Waals surface area contributed by atoms with E-state index in [0.29, 0.717) is 31.4 Å². The lowest BCUT2D eigenvalue weighted by Crippen LogP contribution is -2.25. The van der Waals surface area contributed by atoms with Crippen LogP contribution in [0.5, 0.6) is 5.75 Å². The van der Waals surface area contributed by atoms with Crippen LogP contribution in [0.2, 0.25) is 0 Å². The lowest BCUT2D eigenvalue weighted by atomic mass is 10.1. The number of para-hydroxylation sites is 1. The van der Waals surface area contributed by atoms with Crippen LogP contribution < -0.4 is 10.1 Å². The maximum Gasteiger partial charge on any atom is 0.220 e. The van der Waals surface area contributed by atoms with Gasteiger partial charge in [0, 0.05) is 43.2 Å². The molecule has 146 valence electrons. The minimum absolute atomic E-state index is 0.0000971. The maximum absolute atomic E-state index is 12.1. The van der Waals surface area contributed by atoms with Gasteiger partial charge in [-0.15, -0.1) is 0 Å². The summed E-state index contributed by atoms with van der Waals surface area (Å²) >= 11 is 0. The molecule has 1 N–H and O–H groups in total. The molecule has 5 heteroatoms. The van der Waals surface area contributed by atoms with Gasteiger partial charge in [-0.25, -0.2) is 0 Å². The van der Waals surface area contributed by atoms with Crippen LogP contribution in [0.25, 0.3) is 10.9 Å². The van der Waals surface area contributed by atoms with Gasteiger partial charge in [0.15, 0.2) is 5.78 Å². The molecule has 28 heavy (non-hydrogen) atoms. The zero-order valence-corrected chi connectivity index (χ0v) is 16.2. The summed E-state index contributed by atoms with van der Waals surface area (Å²) in [6.45, 7) is 1.50. The van der Waals surface area contributed by atoms with Gasteiger partial charge in [-0.05, 0) is 54.6 Å². The van der Waals surface area contributed by atoms with Crippen LogP contribution in [0.15, 0.2) is 60.8 Å². The number of amides is 1. The van der Waals surface area contributed by atoms with E-state index in [4.69, 9.17) is 4.74 Å². The molecule has 0 saturated carbocycles. The average Bonchev–Trinajstić information content (AvgIpc) is 3.14. The largest absolute Gasteiger partial charge is 0.497 e. The Morgan fingerprint density at radius 3 is 2.54 bits per heavy atom. The molecule has 0 aliphatic heterocycles. The van der Waals surface area contributed by atoms with Gasteiger partial charge in [0.25, 0.3) is 0 Å². The van der Waals surface area contributed by atoms with Gasteiger partial charge < -0.3 is 14.6 Å². The highest BCUT2D eigenvalue weighted by atomic mass is 16.5. The number of nitrogens with zero attached hydrogens (tertiary/aromatic N) is 1. The van der Waals surface area contributed by atoms with E-state index in [0.717, 1.165) is 18.7 Å². The zero-order chi connectivity index (χ0) is 19.8. The number of benzene rings is 2. The molecular weight excluding hydrogens is 352 g/mol. The van der Waals surface area contributed by atoms with Crippen molar-refractivity contribution in [2.24, 2.45) is 0 Å². The fraction of sp³-hybridized carbons (Fsp3) is 0.304. The van der Waals surface area contributed by atoms with Crippen molar-refractivity contribution in [1.29, 1.82) is 0 Å². The molecule has 2 aromatic carbocycles. The predicted molar refractivity (Wildman–Crippen MR) is 111 cm³/mol. The van der Waals surface area contributed by atoms with Gasteiger partial charge in [0.2, 0.25) is 5.91 Å². The Morgan fingerprint density at radius 2 is 1.75 bits per heavy atom. The Hall–Kier alpha value is -3.08. The van der Waals surface area contributed by atoms with E-state index in [1.807, 2.05) is 12.1 Å². The van der Waals surface area contributed by atoms with E-state index in [1.54, 1.807) is 31.4 Å². The van der Waals surface area contributed by atoms with Crippen molar-refractivity contribution in [3.8, 4) is 5.75 Å². The molecule has 0 fully saturated rings. The van der Waals surface area contributed by atoms with Crippen molar-refractivity contribution >= 4 is 22.6 Å². The first-order valence-electron chi connectivity index (χ1n) is 9.65. The summed E-state index contributed by atoms with van der Waals surface area (Å²) < 4.78 is 7.29. The Kier molecular flexibility index (Phi) is 6.84. The number of rotatable bonds is 10. The standard InChI is InChI=1S/C23H26N2O3/c1-28-20-12-10-19(11-13-20)22(26)8-4-9-23(27)24-15-5-16-25-17-14-18-6-2-3-7-21(18)25/h2-3,6-7,10-14,17H,4-5,8-9,15-16H2,1H3,(H,24,27). The number of aryl methyl sites for hydroxylation is 1. The molecule has 0 bridgehead atoms. The van der Waals surface area contributed by atoms with Crippen LogP contribution in [0, 0.1) is 0 Å². The molecule has 1 amide bonds. The second-order valence-electron chi connectivity index (χ2n) is 6.78. The Labute approximate surface area is 165 Å². The first-order chi connectivity index (χ1) is 13.7. The van der Waals surface area contributed by atoms with E-state index in [-0.39, 0.29) is 11.7 Å². The zero-order valence-electron chi connectivity index (χ0n) is 16.2. The summed E-state index contributed by atoms with van der Waals surface area (Å²) in [7, 11) is 1.59. The van der Waals surface area contributed by atoms with Gasteiger partial charge >= 0.3 is 0 Å². The molecule has 0 aliphatic rings. The molecule has 1 heterocycles. The topological polar surface area (TPSA) is 60.3 Å². The van der Waals surface area contributed by atoms with Crippen LogP contribution >= 0.6 is 0 Å². The summed E-state index contributed by atoms with van der Waals surface area (Å²) in [5.41, 5.74) is 1.87. The highest BCUT2D eigenvalue weighted by molar-refractivity contribution is 5.96. The fourth-order valence-electron chi connectivity index (χ4n) is 3.23. The van der Waals surface area contributed by atoms with Crippen LogP contribution in [0.1, 0.15) is 36.0 Å². The molecular formula is C23H26N2O3. The lowest BCUT2D eigenvalue weighted by Gasteiger charge is -2.07. The SMILES string of the molecule is COc1ccc(C(=O)CCCC(=O)NCCCn2ccc3ccccc32)cc1. The Morgan fingerprint density at radius 1 is 0.964 bits per heavy atom. The van der Waals surface area contributed by atoms with Crippen molar-refractivity contribution in [3.63, 3.8) is 0 Å². The van der Waals surface area contributed by atoms with E-state index in [2.05, 4.69) is 34.3 Å². The molecule has 0 aliphatic carbocycles. The number of aromatic nitrogens is 1. The van der Waals surface area contributed by atoms with Crippen molar-refractivity contribution in [2.75, 3.05) is 13.7 Å². The molecule has 5 nitrogen and oxygen atoms in total. The first kappa shape index (κ1) is 19.7. The van der Waals surface area contributed by atoms with Gasteiger partial charge in [0.1, 0.15) is 5.75 Å². The third-order valence-electron chi connectivity index (χ3n) is 4.80. The summed E-state index contributed by atoms with van der Waals surface area (Å²) in [6, 6.07) is 17.4. The van der Waals surface area contributed by atoms with Crippen LogP contribution in [-0.2, 0) is 11.3 Å². The number of ketones is 1. The van der Waals surface area contributed by atoms with Gasteiger partial charge in [-0.3, -0.25) is 9.59 Å². The van der Waals surface area contributed by atoms with E-state index in [1.165, 1.54) is 10.9 Å². The first-order valence-corrected chi connectivity index (χ1v) is 9.65. The number of carbonyl (C=O) groups is 2. The normalized spacial score (nSPS) is 10.8. The molecule has 3 rings (SSSR count). The number of Topliss-reactive ketones (excluding diaryl/α,β-unsaturated/α-hetero) is 1. The number of nitrogens with one attached hydrogen (secondary N) is 1. The van der Waals surface area contributed by atoms with E-state index < -0.39 is 0 Å². The second-order valence-corrected chi connectivity index (χ2v) is 6.78. The summed E-state index contributed by atoms with van der Waals surface area (Å²) in [5, 5.41) is 4.17. The van der Waals surface area contributed by atoms with Crippen LogP contribution in [-0.4, -0.2) is 29.9 Å². The van der Waals surface area contributed by atoms with Crippen LogP contribution in [0.3, 0.4) is 0 Å². The van der Waals surface area contributed by atoms with Gasteiger partial charge in [-0.2, -0.15) is 0 Å². The third kappa shape index (κ3) is 5.22. The Bertz CT molecular complexity index is 928. The second kappa shape index (κ2) is 9.74. The molecule has 3 aromatic rings. The summed E-state index contributed by atoms with van der Waals surface area (Å²) in [5.74, 6) is 0.777. The molecule has 0 spiro atoms. The summed E-state index contributed by atoms with van der Waals surface area (Å²) in [4.78, 5) is 24.1. The molecule has 0 saturated heterocycles. The number of ether oxygens (including phenoxy) is 1. The van der Waals surface area contributed by atoms with Crippen molar-refractivity contribution in [3.05, 3.63) is 66.4 Å². The van der Waals surface area contributed by atoms with Gasteiger partial charge in [-0.1, -0.05) is 18.2 Å². The van der Waals surface area contributed by atoms with Gasteiger partial charge in [0.05, 0.1) is 7.11 Å². The number of methoxy groups -OCH3 is 1. The van der Waals surface area contributed by atoms with Crippen molar-refractivity contribution < 1.29 is 14.3 Å². The van der Waals surface area contributed by atoms with E-state index in [9.17, 15) is 9.59 Å². The minimum atomic E-state index is -0.0000971. The minimum Gasteiger partial charge on any atom is -0.497 e. The molecule has 0 unspecified atom stereocenters. The summed E-state index contributed by atoms with van der Waals surface area (Å²) in [6.07, 6.45) is 4.24. The number of hydrogen-bond acceptors (Lipinski definition) is 3. The number of hydrogen-bond donors (Lipinski definition) is 1. The highest BCUT2D eigenvalue weighted by Crippen LogP contribution is 2.15. The quantitative estimate of drug-likeness (QED) is 0.425. The Balaban J connectivity index is 1.32. The average molecular weight is 378 g/mol.